The molecule has 0 radical (unpaired) electrons. The molecule has 3 heterocycles. The summed E-state index contributed by atoms with van der Waals surface area (Å²) in [6, 6.07) is 6.50. The van der Waals surface area contributed by atoms with Gasteiger partial charge < -0.3 is 29.9 Å². The predicted octanol–water partition coefficient (Wildman–Crippen LogP) is 2.44. The van der Waals surface area contributed by atoms with Crippen LogP contribution in [0.15, 0.2) is 41.7 Å². The SMILES string of the molecule is CN/C=C(\C=N)c1cnc2cc/c(=N\c3cc(OC)cc(OC)c3F)n(CC3CCC(O)N3C)c2n1. The zero-order valence-corrected chi connectivity index (χ0v) is 20.7. The molecule has 11 heteroatoms. The summed E-state index contributed by atoms with van der Waals surface area (Å²) in [5, 5.41) is 20.9. The van der Waals surface area contributed by atoms with Crippen molar-refractivity contribution in [2.45, 2.75) is 31.7 Å². The van der Waals surface area contributed by atoms with Crippen LogP contribution in [0.4, 0.5) is 10.1 Å². The Kier molecular flexibility index (Phi) is 7.61. The third-order valence-corrected chi connectivity index (χ3v) is 6.34. The van der Waals surface area contributed by atoms with Gasteiger partial charge in [0.05, 0.1) is 26.1 Å². The Morgan fingerprint density at radius 3 is 2.75 bits per heavy atom. The van der Waals surface area contributed by atoms with Crippen LogP contribution in [0.3, 0.4) is 0 Å². The lowest BCUT2D eigenvalue weighted by atomic mass is 10.2. The van der Waals surface area contributed by atoms with Gasteiger partial charge in [0.25, 0.3) is 0 Å². The molecular weight excluding hydrogens is 465 g/mol. The van der Waals surface area contributed by atoms with E-state index < -0.39 is 12.0 Å². The van der Waals surface area contributed by atoms with Gasteiger partial charge in [0, 0.05) is 49.8 Å². The Balaban J connectivity index is 1.97. The number of methoxy groups -OCH3 is 2. The van der Waals surface area contributed by atoms with E-state index >= 15 is 4.39 Å². The first kappa shape index (κ1) is 25.3. The molecule has 0 spiro atoms. The minimum absolute atomic E-state index is 0.00903. The average molecular weight is 496 g/mol. The van der Waals surface area contributed by atoms with Crippen LogP contribution in [-0.2, 0) is 6.54 Å². The van der Waals surface area contributed by atoms with Gasteiger partial charge in [-0.25, -0.2) is 14.4 Å². The summed E-state index contributed by atoms with van der Waals surface area (Å²) in [4.78, 5) is 15.9. The Labute approximate surface area is 208 Å². The molecule has 1 aromatic carbocycles. The van der Waals surface area contributed by atoms with Crippen molar-refractivity contribution in [3.63, 3.8) is 0 Å². The largest absolute Gasteiger partial charge is 0.497 e. The van der Waals surface area contributed by atoms with Gasteiger partial charge in [-0.15, -0.1) is 0 Å². The third kappa shape index (κ3) is 4.93. The predicted molar refractivity (Wildman–Crippen MR) is 135 cm³/mol. The average Bonchev–Trinajstić information content (AvgIpc) is 3.21. The van der Waals surface area contributed by atoms with Crippen LogP contribution in [-0.4, -0.2) is 71.3 Å². The van der Waals surface area contributed by atoms with E-state index in [1.54, 1.807) is 31.6 Å². The molecule has 3 aromatic rings. The van der Waals surface area contributed by atoms with E-state index in [0.717, 1.165) is 6.42 Å². The number of halogens is 1. The lowest BCUT2D eigenvalue weighted by molar-refractivity contribution is 0.0343. The highest BCUT2D eigenvalue weighted by atomic mass is 19.1. The maximum absolute atomic E-state index is 15.1. The van der Waals surface area contributed by atoms with Crippen molar-refractivity contribution >= 4 is 28.6 Å². The fourth-order valence-corrected chi connectivity index (χ4v) is 4.27. The molecule has 2 unspecified atom stereocenters. The van der Waals surface area contributed by atoms with Crippen molar-refractivity contribution < 1.29 is 19.0 Å². The number of fused-ring (bicyclic) bond motifs is 1. The Morgan fingerprint density at radius 1 is 1.31 bits per heavy atom. The molecule has 1 saturated heterocycles. The van der Waals surface area contributed by atoms with Gasteiger partial charge in [-0.3, -0.25) is 9.88 Å². The normalized spacial score (nSPS) is 19.1. The Bertz CT molecular complexity index is 1370. The van der Waals surface area contributed by atoms with E-state index in [4.69, 9.17) is 19.9 Å². The highest BCUT2D eigenvalue weighted by molar-refractivity contribution is 6.07. The number of nitrogens with one attached hydrogen (secondary N) is 2. The van der Waals surface area contributed by atoms with Crippen LogP contribution >= 0.6 is 0 Å². The van der Waals surface area contributed by atoms with Gasteiger partial charge in [-0.1, -0.05) is 0 Å². The Hall–Kier alpha value is -3.83. The number of hydrogen-bond acceptors (Lipinski definition) is 9. The maximum atomic E-state index is 15.1. The van der Waals surface area contributed by atoms with Crippen molar-refractivity contribution in [3.05, 3.63) is 53.7 Å². The number of benzene rings is 1. The smallest absolute Gasteiger partial charge is 0.190 e. The summed E-state index contributed by atoms with van der Waals surface area (Å²) in [7, 11) is 6.49. The van der Waals surface area contributed by atoms with Gasteiger partial charge in [-0.05, 0) is 32.0 Å². The molecule has 2 aromatic heterocycles. The standard InChI is InChI=1S/C25H30FN7O3/c1-28-12-15(11-27)20-13-29-18-6-7-22(30-19-9-17(35-3)10-21(36-4)24(19)26)33(25(18)31-20)14-16-5-8-23(34)32(16)2/h6-7,9-13,16,23,27-28,34H,5,8,14H2,1-4H3/b15-12+,27-11?,30-22+. The first-order valence-electron chi connectivity index (χ1n) is 11.5. The topological polar surface area (TPSA) is 121 Å². The van der Waals surface area contributed by atoms with Gasteiger partial charge >= 0.3 is 0 Å². The molecule has 2 atom stereocenters. The molecule has 1 aliphatic rings. The maximum Gasteiger partial charge on any atom is 0.190 e. The number of likely N-dealkylation sites (N-methyl/N-ethyl adjacent to an activating group) is 1. The number of rotatable bonds is 8. The molecular formula is C25H30FN7O3. The van der Waals surface area contributed by atoms with E-state index in [0.29, 0.717) is 46.6 Å². The van der Waals surface area contributed by atoms with Gasteiger partial charge in [0.2, 0.25) is 0 Å². The summed E-state index contributed by atoms with van der Waals surface area (Å²) in [5.41, 5.74) is 2.72. The van der Waals surface area contributed by atoms with E-state index in [1.165, 1.54) is 32.6 Å². The molecule has 1 aliphatic heterocycles. The first-order chi connectivity index (χ1) is 17.4. The van der Waals surface area contributed by atoms with Gasteiger partial charge in [0.1, 0.15) is 28.7 Å². The highest BCUT2D eigenvalue weighted by Crippen LogP contribution is 2.32. The summed E-state index contributed by atoms with van der Waals surface area (Å²) in [6.45, 7) is 0.445. The number of likely N-dealkylation sites (tertiary alicyclic amines) is 1. The van der Waals surface area contributed by atoms with E-state index in [2.05, 4.69) is 15.3 Å². The zero-order valence-electron chi connectivity index (χ0n) is 20.7. The van der Waals surface area contributed by atoms with Crippen molar-refractivity contribution in [2.24, 2.45) is 4.99 Å². The zero-order chi connectivity index (χ0) is 25.8. The van der Waals surface area contributed by atoms with Gasteiger partial charge in [-0.2, -0.15) is 0 Å². The molecule has 0 aliphatic carbocycles. The molecule has 3 N–H and O–H groups in total. The van der Waals surface area contributed by atoms with Gasteiger partial charge in [0.15, 0.2) is 17.2 Å². The van der Waals surface area contributed by atoms with Crippen LogP contribution in [0.25, 0.3) is 16.7 Å². The molecule has 0 saturated carbocycles. The molecule has 190 valence electrons. The van der Waals surface area contributed by atoms with E-state index in [-0.39, 0.29) is 17.5 Å². The van der Waals surface area contributed by atoms with Crippen molar-refractivity contribution in [1.29, 1.82) is 5.41 Å². The molecule has 0 amide bonds. The van der Waals surface area contributed by atoms with Crippen LogP contribution in [0.2, 0.25) is 0 Å². The quantitative estimate of drug-likeness (QED) is 0.411. The lowest BCUT2D eigenvalue weighted by Gasteiger charge is -2.24. The van der Waals surface area contributed by atoms with E-state index in [1.807, 2.05) is 16.5 Å². The second kappa shape index (κ2) is 10.8. The van der Waals surface area contributed by atoms with Crippen LogP contribution in [0.5, 0.6) is 11.5 Å². The fraction of sp³-hybridized carbons (Fsp3) is 0.360. The highest BCUT2D eigenvalue weighted by Gasteiger charge is 2.29. The number of hydrogen-bond donors (Lipinski definition) is 3. The third-order valence-electron chi connectivity index (χ3n) is 6.34. The molecule has 10 nitrogen and oxygen atoms in total. The number of aromatic nitrogens is 3. The second-order valence-electron chi connectivity index (χ2n) is 8.45. The van der Waals surface area contributed by atoms with E-state index in [9.17, 15) is 5.11 Å². The number of ether oxygens (including phenoxy) is 2. The second-order valence-corrected chi connectivity index (χ2v) is 8.45. The number of allylic oxidation sites excluding steroid dienone is 1. The number of nitrogens with zero attached hydrogens (tertiary/aromatic N) is 5. The first-order valence-corrected chi connectivity index (χ1v) is 11.5. The Morgan fingerprint density at radius 2 is 2.11 bits per heavy atom. The number of aliphatic hydroxyl groups excluding tert-OH is 1. The summed E-state index contributed by atoms with van der Waals surface area (Å²) < 4.78 is 27.5. The monoisotopic (exact) mass is 495 g/mol. The summed E-state index contributed by atoms with van der Waals surface area (Å²) in [5.74, 6) is -0.178. The molecule has 0 bridgehead atoms. The number of pyridine rings is 1. The van der Waals surface area contributed by atoms with Crippen molar-refractivity contribution in [2.75, 3.05) is 28.3 Å². The fourth-order valence-electron chi connectivity index (χ4n) is 4.27. The van der Waals surface area contributed by atoms with Crippen LogP contribution in [0.1, 0.15) is 18.5 Å². The summed E-state index contributed by atoms with van der Waals surface area (Å²) >= 11 is 0. The minimum Gasteiger partial charge on any atom is -0.497 e. The van der Waals surface area contributed by atoms with Crippen molar-refractivity contribution in [3.8, 4) is 11.5 Å². The molecule has 4 rings (SSSR count). The van der Waals surface area contributed by atoms with Crippen LogP contribution in [0, 0.1) is 11.2 Å². The van der Waals surface area contributed by atoms with Crippen molar-refractivity contribution in [1.82, 2.24) is 24.8 Å². The van der Waals surface area contributed by atoms with Crippen LogP contribution < -0.4 is 20.3 Å². The minimum atomic E-state index is -0.610. The lowest BCUT2D eigenvalue weighted by Crippen LogP contribution is -2.37. The number of aliphatic hydroxyl groups is 1. The molecule has 1 fully saturated rings. The summed E-state index contributed by atoms with van der Waals surface area (Å²) in [6.07, 6.45) is 5.37. The molecule has 36 heavy (non-hydrogen) atoms.